The van der Waals surface area contributed by atoms with Crippen molar-refractivity contribution in [2.24, 2.45) is 0 Å². The van der Waals surface area contributed by atoms with Crippen LogP contribution in [0.5, 0.6) is 0 Å². The molecule has 0 aromatic heterocycles. The van der Waals surface area contributed by atoms with Gasteiger partial charge in [0.1, 0.15) is 0 Å². The second-order valence-corrected chi connectivity index (χ2v) is 5.81. The largest absolute Gasteiger partial charge is 0.481 e. The first-order valence-electron chi connectivity index (χ1n) is 6.20. The van der Waals surface area contributed by atoms with Crippen LogP contribution >= 0.6 is 34.2 Å². The Kier molecular flexibility index (Phi) is 7.68. The fourth-order valence-electron chi connectivity index (χ4n) is 1.54. The molecular formula is C13H16ClIN2O3. The van der Waals surface area contributed by atoms with Gasteiger partial charge in [0.15, 0.2) is 0 Å². The molecule has 7 heteroatoms. The summed E-state index contributed by atoms with van der Waals surface area (Å²) in [5, 5.41) is 14.6. The van der Waals surface area contributed by atoms with Crippen molar-refractivity contribution in [2.45, 2.75) is 25.7 Å². The summed E-state index contributed by atoms with van der Waals surface area (Å²) >= 11 is 7.93. The molecule has 2 amide bonds. The van der Waals surface area contributed by atoms with E-state index in [0.717, 1.165) is 16.4 Å². The third-order valence-corrected chi connectivity index (χ3v) is 3.66. The Morgan fingerprint density at radius 1 is 1.25 bits per heavy atom. The molecule has 1 aromatic rings. The average Bonchev–Trinajstić information content (AvgIpc) is 2.36. The number of benzene rings is 1. The zero-order valence-electron chi connectivity index (χ0n) is 10.8. The normalized spacial score (nSPS) is 10.1. The molecular weight excluding hydrogens is 395 g/mol. The van der Waals surface area contributed by atoms with E-state index in [-0.39, 0.29) is 12.5 Å². The molecule has 0 aliphatic heterocycles. The number of rotatable bonds is 7. The summed E-state index contributed by atoms with van der Waals surface area (Å²) in [6, 6.07) is 4.95. The summed E-state index contributed by atoms with van der Waals surface area (Å²) in [5.74, 6) is -0.784. The van der Waals surface area contributed by atoms with Gasteiger partial charge in [0.05, 0.1) is 5.69 Å². The highest BCUT2D eigenvalue weighted by Crippen LogP contribution is 2.22. The van der Waals surface area contributed by atoms with Crippen LogP contribution in [0.15, 0.2) is 18.2 Å². The van der Waals surface area contributed by atoms with Gasteiger partial charge in [-0.05, 0) is 53.6 Å². The van der Waals surface area contributed by atoms with E-state index in [2.05, 4.69) is 33.2 Å². The molecule has 0 heterocycles. The highest BCUT2D eigenvalue weighted by molar-refractivity contribution is 14.1. The second-order valence-electron chi connectivity index (χ2n) is 4.21. The van der Waals surface area contributed by atoms with Crippen LogP contribution in [0.1, 0.15) is 25.7 Å². The van der Waals surface area contributed by atoms with Gasteiger partial charge in [-0.2, -0.15) is 0 Å². The molecule has 0 atom stereocenters. The predicted molar refractivity (Wildman–Crippen MR) is 87.3 cm³/mol. The minimum absolute atomic E-state index is 0.176. The van der Waals surface area contributed by atoms with Crippen molar-refractivity contribution in [3.63, 3.8) is 0 Å². The summed E-state index contributed by atoms with van der Waals surface area (Å²) in [5.41, 5.74) is 0.707. The van der Waals surface area contributed by atoms with Crippen molar-refractivity contribution >= 4 is 51.9 Å². The van der Waals surface area contributed by atoms with Gasteiger partial charge in [0.2, 0.25) is 0 Å². The van der Waals surface area contributed by atoms with Crippen LogP contribution in [-0.4, -0.2) is 23.7 Å². The highest BCUT2D eigenvalue weighted by atomic mass is 127. The first-order valence-corrected chi connectivity index (χ1v) is 7.66. The molecule has 0 fully saturated rings. The lowest BCUT2D eigenvalue weighted by molar-refractivity contribution is -0.137. The number of anilines is 1. The predicted octanol–water partition coefficient (Wildman–Crippen LogP) is 3.71. The maximum Gasteiger partial charge on any atom is 0.319 e. The number of carboxylic acid groups (broad SMARTS) is 1. The van der Waals surface area contributed by atoms with Crippen molar-refractivity contribution in [2.75, 3.05) is 11.9 Å². The summed E-state index contributed by atoms with van der Waals surface area (Å²) in [4.78, 5) is 21.9. The molecule has 0 bridgehead atoms. The lowest BCUT2D eigenvalue weighted by Gasteiger charge is -2.09. The van der Waals surface area contributed by atoms with Gasteiger partial charge in [-0.1, -0.05) is 18.0 Å². The monoisotopic (exact) mass is 410 g/mol. The SMILES string of the molecule is O=C(O)CCCCCNC(=O)Nc1ccc(Cl)cc1I. The van der Waals surface area contributed by atoms with Crippen LogP contribution < -0.4 is 10.6 Å². The van der Waals surface area contributed by atoms with E-state index in [4.69, 9.17) is 16.7 Å². The smallest absolute Gasteiger partial charge is 0.319 e. The van der Waals surface area contributed by atoms with E-state index in [0.29, 0.717) is 23.7 Å². The lowest BCUT2D eigenvalue weighted by atomic mass is 10.2. The first-order chi connectivity index (χ1) is 9.49. The second kappa shape index (κ2) is 9.02. The summed E-state index contributed by atoms with van der Waals surface area (Å²) < 4.78 is 0.867. The van der Waals surface area contributed by atoms with Crippen molar-refractivity contribution in [1.82, 2.24) is 5.32 Å². The van der Waals surface area contributed by atoms with E-state index in [1.807, 2.05) is 0 Å². The number of aliphatic carboxylic acids is 1. The Labute approximate surface area is 136 Å². The quantitative estimate of drug-likeness (QED) is 0.474. The molecule has 1 aromatic carbocycles. The molecule has 0 saturated carbocycles. The molecule has 0 aliphatic carbocycles. The Hall–Kier alpha value is -1.02. The number of nitrogens with one attached hydrogen (secondary N) is 2. The van der Waals surface area contributed by atoms with Crippen molar-refractivity contribution in [1.29, 1.82) is 0 Å². The van der Waals surface area contributed by atoms with Crippen LogP contribution in [0.2, 0.25) is 5.02 Å². The van der Waals surface area contributed by atoms with Gasteiger partial charge >= 0.3 is 12.0 Å². The van der Waals surface area contributed by atoms with E-state index in [1.165, 1.54) is 0 Å². The van der Waals surface area contributed by atoms with Gasteiger partial charge in [0, 0.05) is 21.6 Å². The summed E-state index contributed by atoms with van der Waals surface area (Å²) in [6.45, 7) is 0.523. The average molecular weight is 411 g/mol. The maximum absolute atomic E-state index is 11.6. The minimum atomic E-state index is -0.784. The van der Waals surface area contributed by atoms with E-state index < -0.39 is 5.97 Å². The molecule has 1 rings (SSSR count). The van der Waals surface area contributed by atoms with Gasteiger partial charge in [0.25, 0.3) is 0 Å². The Morgan fingerprint density at radius 2 is 2.00 bits per heavy atom. The van der Waals surface area contributed by atoms with E-state index in [9.17, 15) is 9.59 Å². The summed E-state index contributed by atoms with van der Waals surface area (Å²) in [6.07, 6.45) is 2.35. The zero-order valence-corrected chi connectivity index (χ0v) is 13.7. The first kappa shape index (κ1) is 17.0. The number of carboxylic acids is 1. The molecule has 0 radical (unpaired) electrons. The highest BCUT2D eigenvalue weighted by Gasteiger charge is 2.05. The third-order valence-electron chi connectivity index (χ3n) is 2.53. The molecule has 0 unspecified atom stereocenters. The molecule has 3 N–H and O–H groups in total. The maximum atomic E-state index is 11.6. The Bertz CT molecular complexity index is 483. The number of unbranched alkanes of at least 4 members (excludes halogenated alkanes) is 2. The van der Waals surface area contributed by atoms with E-state index >= 15 is 0 Å². The fourth-order valence-corrected chi connectivity index (χ4v) is 2.54. The van der Waals surface area contributed by atoms with Gasteiger partial charge in [-0.25, -0.2) is 4.79 Å². The molecule has 0 saturated heterocycles. The number of urea groups is 1. The van der Waals surface area contributed by atoms with Gasteiger partial charge in [-0.15, -0.1) is 0 Å². The van der Waals surface area contributed by atoms with E-state index in [1.54, 1.807) is 18.2 Å². The number of carbonyl (C=O) groups is 2. The topological polar surface area (TPSA) is 78.4 Å². The molecule has 20 heavy (non-hydrogen) atoms. The van der Waals surface area contributed by atoms with Crippen molar-refractivity contribution < 1.29 is 14.7 Å². The Morgan fingerprint density at radius 3 is 2.65 bits per heavy atom. The zero-order chi connectivity index (χ0) is 15.0. The Balaban J connectivity index is 2.22. The van der Waals surface area contributed by atoms with Crippen LogP contribution in [0.3, 0.4) is 0 Å². The molecule has 110 valence electrons. The molecule has 0 spiro atoms. The number of amides is 2. The van der Waals surface area contributed by atoms with Gasteiger partial charge in [-0.3, -0.25) is 4.79 Å². The molecule has 0 aliphatic rings. The lowest BCUT2D eigenvalue weighted by Crippen LogP contribution is -2.29. The molecule has 5 nitrogen and oxygen atoms in total. The van der Waals surface area contributed by atoms with Crippen LogP contribution in [0.25, 0.3) is 0 Å². The van der Waals surface area contributed by atoms with Crippen LogP contribution in [0, 0.1) is 3.57 Å². The van der Waals surface area contributed by atoms with Crippen molar-refractivity contribution in [3.05, 3.63) is 26.8 Å². The number of hydrogen-bond acceptors (Lipinski definition) is 2. The van der Waals surface area contributed by atoms with Crippen LogP contribution in [0.4, 0.5) is 10.5 Å². The number of halogens is 2. The third kappa shape index (κ3) is 6.95. The summed E-state index contributed by atoms with van der Waals surface area (Å²) in [7, 11) is 0. The van der Waals surface area contributed by atoms with Gasteiger partial charge < -0.3 is 15.7 Å². The number of carbonyl (C=O) groups excluding carboxylic acids is 1. The fraction of sp³-hybridized carbons (Fsp3) is 0.385. The standard InChI is InChI=1S/C13H16ClIN2O3/c14-9-5-6-11(10(15)8-9)17-13(20)16-7-3-1-2-4-12(18)19/h5-6,8H,1-4,7H2,(H,18,19)(H2,16,17,20). The number of hydrogen-bond donors (Lipinski definition) is 3. The van der Waals surface area contributed by atoms with Crippen molar-refractivity contribution in [3.8, 4) is 0 Å². The van der Waals surface area contributed by atoms with Crippen LogP contribution in [-0.2, 0) is 4.79 Å². The minimum Gasteiger partial charge on any atom is -0.481 e.